The topological polar surface area (TPSA) is 59.6 Å². The SMILES string of the molecule is COc1ccc2c(c1)C=C(CN1CC[C@H](c3cc(COc4ccccc4F)[nH]n3)C1)CO2. The van der Waals surface area contributed by atoms with Crippen LogP contribution in [0, 0.1) is 5.82 Å². The van der Waals surface area contributed by atoms with Gasteiger partial charge in [0.05, 0.1) is 18.5 Å². The Morgan fingerprint density at radius 3 is 3.00 bits per heavy atom. The zero-order chi connectivity index (χ0) is 21.9. The molecular weight excluding hydrogens is 409 g/mol. The Bertz CT molecular complexity index is 1130. The van der Waals surface area contributed by atoms with Crippen LogP contribution < -0.4 is 14.2 Å². The first-order valence-corrected chi connectivity index (χ1v) is 10.8. The zero-order valence-electron chi connectivity index (χ0n) is 18.0. The molecule has 0 spiro atoms. The van der Waals surface area contributed by atoms with Crippen molar-refractivity contribution in [3.8, 4) is 17.2 Å². The van der Waals surface area contributed by atoms with Gasteiger partial charge < -0.3 is 14.2 Å². The average molecular weight is 435 g/mol. The number of H-pyrrole nitrogens is 1. The van der Waals surface area contributed by atoms with Gasteiger partial charge in [0, 0.05) is 24.6 Å². The lowest BCUT2D eigenvalue weighted by atomic mass is 10.0. The van der Waals surface area contributed by atoms with Crippen molar-refractivity contribution in [3.63, 3.8) is 0 Å². The summed E-state index contributed by atoms with van der Waals surface area (Å²) in [6, 6.07) is 14.3. The third-order valence-corrected chi connectivity index (χ3v) is 5.98. The molecule has 0 radical (unpaired) electrons. The van der Waals surface area contributed by atoms with Crippen molar-refractivity contribution in [1.29, 1.82) is 0 Å². The van der Waals surface area contributed by atoms with Gasteiger partial charge in [-0.2, -0.15) is 5.10 Å². The van der Waals surface area contributed by atoms with E-state index < -0.39 is 0 Å². The summed E-state index contributed by atoms with van der Waals surface area (Å²) >= 11 is 0. The van der Waals surface area contributed by atoms with E-state index in [4.69, 9.17) is 14.2 Å². The van der Waals surface area contributed by atoms with Gasteiger partial charge in [0.1, 0.15) is 24.7 Å². The molecule has 1 N–H and O–H groups in total. The molecule has 7 heteroatoms. The summed E-state index contributed by atoms with van der Waals surface area (Å²) in [5, 5.41) is 7.52. The molecule has 0 aliphatic carbocycles. The van der Waals surface area contributed by atoms with Crippen molar-refractivity contribution in [2.45, 2.75) is 18.9 Å². The third kappa shape index (κ3) is 4.48. The first-order valence-electron chi connectivity index (χ1n) is 10.8. The van der Waals surface area contributed by atoms with E-state index in [0.29, 0.717) is 12.5 Å². The van der Waals surface area contributed by atoms with Gasteiger partial charge in [-0.1, -0.05) is 12.1 Å². The molecule has 1 saturated heterocycles. The van der Waals surface area contributed by atoms with Crippen LogP contribution >= 0.6 is 0 Å². The molecule has 3 heterocycles. The highest BCUT2D eigenvalue weighted by Gasteiger charge is 2.27. The van der Waals surface area contributed by atoms with Crippen molar-refractivity contribution in [2.24, 2.45) is 0 Å². The smallest absolute Gasteiger partial charge is 0.165 e. The van der Waals surface area contributed by atoms with Crippen LogP contribution in [0.15, 0.2) is 54.1 Å². The van der Waals surface area contributed by atoms with Gasteiger partial charge in [0.2, 0.25) is 0 Å². The van der Waals surface area contributed by atoms with Gasteiger partial charge in [-0.25, -0.2) is 4.39 Å². The normalized spacial score (nSPS) is 18.1. The lowest BCUT2D eigenvalue weighted by molar-refractivity contribution is 0.286. The summed E-state index contributed by atoms with van der Waals surface area (Å²) in [5.41, 5.74) is 4.19. The second kappa shape index (κ2) is 9.04. The van der Waals surface area contributed by atoms with E-state index in [1.165, 1.54) is 11.6 Å². The van der Waals surface area contributed by atoms with E-state index in [2.05, 4.69) is 21.2 Å². The van der Waals surface area contributed by atoms with Crippen LogP contribution in [0.25, 0.3) is 6.08 Å². The number of fused-ring (bicyclic) bond motifs is 1. The largest absolute Gasteiger partial charge is 0.497 e. The molecular formula is C25H26FN3O3. The van der Waals surface area contributed by atoms with E-state index >= 15 is 0 Å². The summed E-state index contributed by atoms with van der Waals surface area (Å²) in [4.78, 5) is 2.44. The summed E-state index contributed by atoms with van der Waals surface area (Å²) in [6.45, 7) is 3.71. The minimum Gasteiger partial charge on any atom is -0.497 e. The molecule has 6 nitrogen and oxygen atoms in total. The molecule has 0 unspecified atom stereocenters. The Morgan fingerprint density at radius 2 is 2.12 bits per heavy atom. The number of likely N-dealkylation sites (tertiary alicyclic amines) is 1. The zero-order valence-corrected chi connectivity index (χ0v) is 18.0. The maximum absolute atomic E-state index is 13.7. The van der Waals surface area contributed by atoms with E-state index in [-0.39, 0.29) is 18.2 Å². The number of methoxy groups -OCH3 is 1. The number of ether oxygens (including phenoxy) is 3. The Kier molecular flexibility index (Phi) is 5.81. The van der Waals surface area contributed by atoms with Crippen LogP contribution in [0.4, 0.5) is 4.39 Å². The quantitative estimate of drug-likeness (QED) is 0.596. The lowest BCUT2D eigenvalue weighted by Crippen LogP contribution is -2.26. The van der Waals surface area contributed by atoms with E-state index in [9.17, 15) is 4.39 Å². The first-order chi connectivity index (χ1) is 15.7. The van der Waals surface area contributed by atoms with Gasteiger partial charge in [0.15, 0.2) is 11.6 Å². The fourth-order valence-corrected chi connectivity index (χ4v) is 4.31. The monoisotopic (exact) mass is 435 g/mol. The molecule has 0 amide bonds. The molecule has 166 valence electrons. The average Bonchev–Trinajstić information content (AvgIpc) is 3.47. The minimum absolute atomic E-state index is 0.248. The van der Waals surface area contributed by atoms with Crippen molar-refractivity contribution in [2.75, 3.05) is 33.4 Å². The third-order valence-electron chi connectivity index (χ3n) is 5.98. The van der Waals surface area contributed by atoms with Crippen molar-refractivity contribution in [1.82, 2.24) is 15.1 Å². The highest BCUT2D eigenvalue weighted by atomic mass is 19.1. The lowest BCUT2D eigenvalue weighted by Gasteiger charge is -2.22. The van der Waals surface area contributed by atoms with Gasteiger partial charge in [0.25, 0.3) is 0 Å². The Balaban J connectivity index is 1.17. The number of para-hydroxylation sites is 1. The summed E-state index contributed by atoms with van der Waals surface area (Å²) in [5.74, 6) is 1.99. The molecule has 32 heavy (non-hydrogen) atoms. The standard InChI is InChI=1S/C25H26FN3O3/c1-30-21-6-7-24-19(11-21)10-17(15-31-24)13-29-9-8-18(14-29)23-12-20(27-28-23)16-32-25-5-3-2-4-22(25)26/h2-7,10-12,18H,8-9,13-16H2,1H3,(H,27,28)/t18-/m0/s1. The number of benzene rings is 2. The first kappa shape index (κ1) is 20.6. The minimum atomic E-state index is -0.360. The predicted octanol–water partition coefficient (Wildman–Crippen LogP) is 4.40. The summed E-state index contributed by atoms with van der Waals surface area (Å²) in [6.07, 6.45) is 3.26. The van der Waals surface area contributed by atoms with Gasteiger partial charge in [-0.05, 0) is 61.0 Å². The van der Waals surface area contributed by atoms with Crippen molar-refractivity contribution >= 4 is 6.08 Å². The number of nitrogens with zero attached hydrogens (tertiary/aromatic N) is 2. The van der Waals surface area contributed by atoms with Crippen LogP contribution in [-0.2, 0) is 6.61 Å². The van der Waals surface area contributed by atoms with Crippen LogP contribution in [0.5, 0.6) is 17.2 Å². The van der Waals surface area contributed by atoms with Gasteiger partial charge in [-0.3, -0.25) is 10.00 Å². The Morgan fingerprint density at radius 1 is 1.22 bits per heavy atom. The molecule has 2 aliphatic rings. The molecule has 1 aromatic heterocycles. The molecule has 0 bridgehead atoms. The highest BCUT2D eigenvalue weighted by molar-refractivity contribution is 5.64. The van der Waals surface area contributed by atoms with E-state index in [1.807, 2.05) is 24.3 Å². The van der Waals surface area contributed by atoms with Crippen LogP contribution in [-0.4, -0.2) is 48.4 Å². The number of hydrogen-bond donors (Lipinski definition) is 1. The van der Waals surface area contributed by atoms with E-state index in [0.717, 1.165) is 54.5 Å². The molecule has 1 fully saturated rings. The molecule has 2 aliphatic heterocycles. The summed E-state index contributed by atoms with van der Waals surface area (Å²) < 4.78 is 30.6. The van der Waals surface area contributed by atoms with Crippen molar-refractivity contribution in [3.05, 3.63) is 76.9 Å². The number of aromatic amines is 1. The fraction of sp³-hybridized carbons (Fsp3) is 0.320. The number of rotatable bonds is 7. The number of halogens is 1. The van der Waals surface area contributed by atoms with Crippen molar-refractivity contribution < 1.29 is 18.6 Å². The second-order valence-corrected chi connectivity index (χ2v) is 8.25. The number of nitrogens with one attached hydrogen (secondary N) is 1. The maximum Gasteiger partial charge on any atom is 0.165 e. The fourth-order valence-electron chi connectivity index (χ4n) is 4.31. The van der Waals surface area contributed by atoms with Crippen LogP contribution in [0.2, 0.25) is 0 Å². The van der Waals surface area contributed by atoms with Gasteiger partial charge >= 0.3 is 0 Å². The number of hydrogen-bond acceptors (Lipinski definition) is 5. The summed E-state index contributed by atoms with van der Waals surface area (Å²) in [7, 11) is 1.67. The Hall–Kier alpha value is -3.32. The number of aromatic nitrogens is 2. The highest BCUT2D eigenvalue weighted by Crippen LogP contribution is 2.32. The van der Waals surface area contributed by atoms with Crippen LogP contribution in [0.3, 0.4) is 0 Å². The molecule has 1 atom stereocenters. The molecule has 2 aromatic carbocycles. The van der Waals surface area contributed by atoms with Crippen LogP contribution in [0.1, 0.15) is 29.3 Å². The second-order valence-electron chi connectivity index (χ2n) is 8.25. The van der Waals surface area contributed by atoms with E-state index in [1.54, 1.807) is 25.3 Å². The predicted molar refractivity (Wildman–Crippen MR) is 120 cm³/mol. The molecule has 3 aromatic rings. The maximum atomic E-state index is 13.7. The molecule has 0 saturated carbocycles. The molecule has 5 rings (SSSR count). The Labute approximate surface area is 186 Å². The van der Waals surface area contributed by atoms with Gasteiger partial charge in [-0.15, -0.1) is 0 Å².